The molecule has 0 spiro atoms. The molecule has 0 saturated carbocycles. The molecule has 27 heavy (non-hydrogen) atoms. The van der Waals surface area contributed by atoms with E-state index in [-0.39, 0.29) is 18.1 Å². The van der Waals surface area contributed by atoms with Crippen molar-refractivity contribution in [2.45, 2.75) is 6.61 Å². The van der Waals surface area contributed by atoms with Crippen LogP contribution < -0.4 is 10.2 Å². The van der Waals surface area contributed by atoms with Crippen molar-refractivity contribution in [1.29, 1.82) is 0 Å². The molecule has 1 N–H and O–H groups in total. The molecule has 2 aromatic carbocycles. The normalized spacial score (nSPS) is 10.7. The number of pyridine rings is 1. The Morgan fingerprint density at radius 1 is 1.19 bits per heavy atom. The monoisotopic (exact) mass is 366 g/mol. The standard InChI is InChI=1S/C19H15FN4O3/c20-16-3-1-2-15(10-16)13-27-18-7-4-14(5-8-18)11-22-23-19-9-6-17(12-21-19)24(25)26/h1-12H,13H2,(H,21,23)/b22-11-. The van der Waals surface area contributed by atoms with E-state index in [0.29, 0.717) is 11.6 Å². The average molecular weight is 366 g/mol. The zero-order chi connectivity index (χ0) is 19.1. The van der Waals surface area contributed by atoms with Crippen molar-refractivity contribution in [2.24, 2.45) is 5.10 Å². The van der Waals surface area contributed by atoms with E-state index in [4.69, 9.17) is 4.74 Å². The maximum absolute atomic E-state index is 13.1. The highest BCUT2D eigenvalue weighted by atomic mass is 19.1. The number of rotatable bonds is 7. The number of hydrogen-bond donors (Lipinski definition) is 1. The summed E-state index contributed by atoms with van der Waals surface area (Å²) in [6.45, 7) is 0.276. The number of hydrogen-bond acceptors (Lipinski definition) is 6. The Labute approximate surface area is 154 Å². The van der Waals surface area contributed by atoms with E-state index >= 15 is 0 Å². The summed E-state index contributed by atoms with van der Waals surface area (Å²) in [5.41, 5.74) is 4.18. The van der Waals surface area contributed by atoms with E-state index in [1.54, 1.807) is 30.5 Å². The summed E-state index contributed by atoms with van der Waals surface area (Å²) in [5, 5.41) is 14.6. The lowest BCUT2D eigenvalue weighted by molar-refractivity contribution is -0.385. The van der Waals surface area contributed by atoms with Crippen molar-refractivity contribution in [3.63, 3.8) is 0 Å². The first-order valence-electron chi connectivity index (χ1n) is 7.97. The van der Waals surface area contributed by atoms with Crippen molar-refractivity contribution in [3.05, 3.63) is 93.9 Å². The molecular weight excluding hydrogens is 351 g/mol. The Morgan fingerprint density at radius 3 is 2.67 bits per heavy atom. The summed E-state index contributed by atoms with van der Waals surface area (Å²) in [7, 11) is 0. The van der Waals surface area contributed by atoms with Crippen LogP contribution in [0.5, 0.6) is 5.75 Å². The van der Waals surface area contributed by atoms with Gasteiger partial charge in [0.05, 0.1) is 11.1 Å². The summed E-state index contributed by atoms with van der Waals surface area (Å²) in [6.07, 6.45) is 2.74. The molecule has 1 aromatic heterocycles. The second-order valence-electron chi connectivity index (χ2n) is 5.52. The predicted molar refractivity (Wildman–Crippen MR) is 99.3 cm³/mol. The fraction of sp³-hybridized carbons (Fsp3) is 0.0526. The Kier molecular flexibility index (Phi) is 5.68. The molecule has 0 radical (unpaired) electrons. The van der Waals surface area contributed by atoms with Crippen LogP contribution in [0, 0.1) is 15.9 Å². The van der Waals surface area contributed by atoms with Gasteiger partial charge >= 0.3 is 0 Å². The largest absolute Gasteiger partial charge is 0.489 e. The number of anilines is 1. The first kappa shape index (κ1) is 18.0. The minimum absolute atomic E-state index is 0.0849. The van der Waals surface area contributed by atoms with Gasteiger partial charge in [0.15, 0.2) is 0 Å². The van der Waals surface area contributed by atoms with Crippen LogP contribution in [0.1, 0.15) is 11.1 Å². The number of benzene rings is 2. The molecule has 7 nitrogen and oxygen atoms in total. The molecule has 3 rings (SSSR count). The summed E-state index contributed by atoms with van der Waals surface area (Å²) >= 11 is 0. The SMILES string of the molecule is O=[N+]([O-])c1ccc(N/N=C\c2ccc(OCc3cccc(F)c3)cc2)nc1. The Bertz CT molecular complexity index is 944. The van der Waals surface area contributed by atoms with Gasteiger partial charge in [-0.2, -0.15) is 5.10 Å². The van der Waals surface area contributed by atoms with Crippen LogP contribution in [0.2, 0.25) is 0 Å². The fourth-order valence-corrected chi connectivity index (χ4v) is 2.18. The summed E-state index contributed by atoms with van der Waals surface area (Å²) in [4.78, 5) is 13.9. The molecule has 0 fully saturated rings. The van der Waals surface area contributed by atoms with Crippen LogP contribution >= 0.6 is 0 Å². The molecule has 8 heteroatoms. The van der Waals surface area contributed by atoms with E-state index in [2.05, 4.69) is 15.5 Å². The molecule has 0 amide bonds. The van der Waals surface area contributed by atoms with E-state index in [9.17, 15) is 14.5 Å². The minimum Gasteiger partial charge on any atom is -0.489 e. The fourth-order valence-electron chi connectivity index (χ4n) is 2.18. The summed E-state index contributed by atoms with van der Waals surface area (Å²) in [5.74, 6) is 0.756. The quantitative estimate of drug-likeness (QED) is 0.385. The van der Waals surface area contributed by atoms with Gasteiger partial charge in [-0.05, 0) is 53.6 Å². The van der Waals surface area contributed by atoms with Crippen LogP contribution in [-0.4, -0.2) is 16.1 Å². The number of nitro groups is 1. The zero-order valence-electron chi connectivity index (χ0n) is 14.1. The third-order valence-corrected chi connectivity index (χ3v) is 3.53. The number of ether oxygens (including phenoxy) is 1. The van der Waals surface area contributed by atoms with E-state index in [1.165, 1.54) is 24.3 Å². The van der Waals surface area contributed by atoms with Gasteiger partial charge in [-0.3, -0.25) is 15.5 Å². The van der Waals surface area contributed by atoms with Crippen LogP contribution in [0.15, 0.2) is 72.0 Å². The molecule has 0 aliphatic carbocycles. The molecule has 0 bridgehead atoms. The lowest BCUT2D eigenvalue weighted by Crippen LogP contribution is -1.96. The van der Waals surface area contributed by atoms with Crippen molar-refractivity contribution in [1.82, 2.24) is 4.98 Å². The summed E-state index contributed by atoms with van der Waals surface area (Å²) in [6, 6.07) is 16.3. The molecular formula is C19H15FN4O3. The highest BCUT2D eigenvalue weighted by Gasteiger charge is 2.04. The lowest BCUT2D eigenvalue weighted by atomic mass is 10.2. The van der Waals surface area contributed by atoms with Crippen molar-refractivity contribution in [2.75, 3.05) is 5.43 Å². The zero-order valence-corrected chi connectivity index (χ0v) is 14.1. The van der Waals surface area contributed by atoms with Gasteiger partial charge < -0.3 is 4.74 Å². The van der Waals surface area contributed by atoms with Crippen LogP contribution in [0.3, 0.4) is 0 Å². The molecule has 0 unspecified atom stereocenters. The molecule has 1 heterocycles. The molecule has 0 aliphatic rings. The maximum Gasteiger partial charge on any atom is 0.287 e. The lowest BCUT2D eigenvalue weighted by Gasteiger charge is -2.06. The van der Waals surface area contributed by atoms with Crippen LogP contribution in [-0.2, 0) is 6.61 Å². The average Bonchev–Trinajstić information content (AvgIpc) is 2.68. The number of nitrogens with zero attached hydrogens (tertiary/aromatic N) is 3. The van der Waals surface area contributed by atoms with E-state index in [1.807, 2.05) is 12.1 Å². The number of nitrogens with one attached hydrogen (secondary N) is 1. The topological polar surface area (TPSA) is 89.7 Å². The van der Waals surface area contributed by atoms with Crippen LogP contribution in [0.4, 0.5) is 15.9 Å². The number of aromatic nitrogens is 1. The molecule has 0 aliphatic heterocycles. The first-order valence-corrected chi connectivity index (χ1v) is 7.97. The highest BCUT2D eigenvalue weighted by molar-refractivity contribution is 5.80. The van der Waals surface area contributed by atoms with Crippen LogP contribution in [0.25, 0.3) is 0 Å². The molecule has 0 atom stereocenters. The van der Waals surface area contributed by atoms with Gasteiger partial charge in [0, 0.05) is 6.07 Å². The Balaban J connectivity index is 1.52. The maximum atomic E-state index is 13.1. The second-order valence-corrected chi connectivity index (χ2v) is 5.52. The third-order valence-electron chi connectivity index (χ3n) is 3.53. The van der Waals surface area contributed by atoms with Gasteiger partial charge in [-0.15, -0.1) is 0 Å². The van der Waals surface area contributed by atoms with Crippen molar-refractivity contribution >= 4 is 17.7 Å². The van der Waals surface area contributed by atoms with E-state index < -0.39 is 4.92 Å². The van der Waals surface area contributed by atoms with Crippen molar-refractivity contribution < 1.29 is 14.1 Å². The van der Waals surface area contributed by atoms with Gasteiger partial charge in [-0.25, -0.2) is 9.37 Å². The number of hydrazone groups is 1. The first-order chi connectivity index (χ1) is 13.1. The second kappa shape index (κ2) is 8.52. The van der Waals surface area contributed by atoms with Gasteiger partial charge in [0.1, 0.15) is 30.2 Å². The molecule has 0 saturated heterocycles. The number of halogens is 1. The highest BCUT2D eigenvalue weighted by Crippen LogP contribution is 2.15. The van der Waals surface area contributed by atoms with Gasteiger partial charge in [0.2, 0.25) is 0 Å². The smallest absolute Gasteiger partial charge is 0.287 e. The molecule has 3 aromatic rings. The van der Waals surface area contributed by atoms with Crippen molar-refractivity contribution in [3.8, 4) is 5.75 Å². The summed E-state index contributed by atoms with van der Waals surface area (Å²) < 4.78 is 18.7. The van der Waals surface area contributed by atoms with E-state index in [0.717, 1.165) is 17.3 Å². The van der Waals surface area contributed by atoms with Gasteiger partial charge in [0.25, 0.3) is 5.69 Å². The van der Waals surface area contributed by atoms with Gasteiger partial charge in [-0.1, -0.05) is 12.1 Å². The Hall–Kier alpha value is -3.81. The predicted octanol–water partition coefficient (Wildman–Crippen LogP) is 4.15. The third kappa shape index (κ3) is 5.33. The molecule has 136 valence electrons. The Morgan fingerprint density at radius 2 is 2.00 bits per heavy atom. The minimum atomic E-state index is -0.516.